The van der Waals surface area contributed by atoms with Crippen LogP contribution in [0, 0.1) is 0 Å². The number of nitrogens with zero attached hydrogens (tertiary/aromatic N) is 5. The fourth-order valence-corrected chi connectivity index (χ4v) is 5.41. The average molecular weight is 617 g/mol. The predicted molar refractivity (Wildman–Crippen MR) is 160 cm³/mol. The maximum Gasteiger partial charge on any atom is 0.293 e. The van der Waals surface area contributed by atoms with Gasteiger partial charge in [-0.05, 0) is 50.2 Å². The number of aromatic nitrogens is 4. The summed E-state index contributed by atoms with van der Waals surface area (Å²) in [6, 6.07) is 8.12. The largest absolute Gasteiger partial charge is 0.406 e. The van der Waals surface area contributed by atoms with Gasteiger partial charge in [0.15, 0.2) is 5.65 Å². The van der Waals surface area contributed by atoms with Crippen LogP contribution in [0.4, 0.5) is 11.6 Å². The molecule has 0 aliphatic carbocycles. The van der Waals surface area contributed by atoms with Gasteiger partial charge in [0.1, 0.15) is 18.4 Å². The molecule has 1 atom stereocenters. The highest BCUT2D eigenvalue weighted by atomic mass is 35.5. The molecule has 0 spiro atoms. The van der Waals surface area contributed by atoms with Crippen LogP contribution in [0.1, 0.15) is 23.3 Å². The first-order chi connectivity index (χ1) is 20.2. The zero-order valence-corrected chi connectivity index (χ0v) is 24.4. The molecule has 1 amide bonds. The number of aliphatic hydroxyl groups excluding tert-OH is 2. The molecule has 14 heteroatoms. The van der Waals surface area contributed by atoms with Crippen LogP contribution in [0.15, 0.2) is 47.5 Å². The van der Waals surface area contributed by atoms with Gasteiger partial charge in [-0.3, -0.25) is 9.59 Å². The molecule has 1 aromatic carbocycles. The van der Waals surface area contributed by atoms with Crippen LogP contribution in [-0.2, 0) is 7.05 Å². The smallest absolute Gasteiger partial charge is 0.293 e. The molecular weight excluding hydrogens is 585 g/mol. The summed E-state index contributed by atoms with van der Waals surface area (Å²) < 4.78 is 2.61. The second-order valence-corrected chi connectivity index (χ2v) is 10.8. The van der Waals surface area contributed by atoms with Crippen LogP contribution in [-0.4, -0.2) is 85.8 Å². The molecule has 0 bridgehead atoms. The number of hydrogen-bond acceptors (Lipinski definition) is 9. The van der Waals surface area contributed by atoms with Gasteiger partial charge in [-0.25, -0.2) is 4.98 Å². The van der Waals surface area contributed by atoms with Crippen molar-refractivity contribution < 1.29 is 19.8 Å². The molecule has 42 heavy (non-hydrogen) atoms. The second-order valence-electron chi connectivity index (χ2n) is 10.0. The number of anilines is 2. The molecule has 1 aliphatic rings. The Bertz CT molecular complexity index is 1630. The minimum atomic E-state index is -1.23. The molecule has 12 nitrogen and oxygen atoms in total. The topological polar surface area (TPSA) is 147 Å². The first-order valence-electron chi connectivity index (χ1n) is 13.5. The third-order valence-corrected chi connectivity index (χ3v) is 7.58. The van der Waals surface area contributed by atoms with Gasteiger partial charge in [-0.15, -0.1) is 4.73 Å². The van der Waals surface area contributed by atoms with Gasteiger partial charge in [-0.1, -0.05) is 29.3 Å². The summed E-state index contributed by atoms with van der Waals surface area (Å²) in [5.74, 6) is -0.0586. The minimum Gasteiger partial charge on any atom is -0.406 e. The summed E-state index contributed by atoms with van der Waals surface area (Å²) in [7, 11) is 1.77. The van der Waals surface area contributed by atoms with Crippen molar-refractivity contribution in [2.45, 2.75) is 18.9 Å². The second kappa shape index (κ2) is 13.1. The van der Waals surface area contributed by atoms with Crippen LogP contribution in [0.2, 0.25) is 10.0 Å². The third-order valence-electron chi connectivity index (χ3n) is 6.95. The fourth-order valence-electron chi connectivity index (χ4n) is 4.81. The highest BCUT2D eigenvalue weighted by Crippen LogP contribution is 2.34. The predicted octanol–water partition coefficient (Wildman–Crippen LogP) is 2.45. The first kappa shape index (κ1) is 29.8. The molecule has 3 aromatic heterocycles. The number of likely N-dealkylation sites (tertiary alicyclic amines) is 1. The van der Waals surface area contributed by atoms with E-state index < -0.39 is 18.3 Å². The zero-order valence-electron chi connectivity index (χ0n) is 22.9. The SMILES string of the molecule is Cn1cc(Nc2ncc3cc(-c4c(Cl)cccc4Cl)c(=O)n(OC[C@H](O)CO)c3n2)cc1C(=O)NCCN1CCCC1. The third kappa shape index (κ3) is 6.53. The van der Waals surface area contributed by atoms with E-state index in [-0.39, 0.29) is 39.7 Å². The number of pyridine rings is 1. The van der Waals surface area contributed by atoms with Crippen molar-refractivity contribution in [1.29, 1.82) is 0 Å². The van der Waals surface area contributed by atoms with Crippen LogP contribution in [0.5, 0.6) is 0 Å². The molecule has 1 aliphatic heterocycles. The monoisotopic (exact) mass is 615 g/mol. The molecule has 0 saturated carbocycles. The van der Waals surface area contributed by atoms with E-state index in [2.05, 4.69) is 25.5 Å². The van der Waals surface area contributed by atoms with Crippen molar-refractivity contribution >= 4 is 51.8 Å². The lowest BCUT2D eigenvalue weighted by Gasteiger charge is -2.16. The normalized spacial score (nSPS) is 14.3. The maximum absolute atomic E-state index is 13.6. The van der Waals surface area contributed by atoms with E-state index in [1.807, 2.05) is 0 Å². The van der Waals surface area contributed by atoms with Gasteiger partial charge in [-0.2, -0.15) is 4.98 Å². The van der Waals surface area contributed by atoms with Crippen molar-refractivity contribution in [3.8, 4) is 11.1 Å². The summed E-state index contributed by atoms with van der Waals surface area (Å²) in [5, 5.41) is 26.1. The highest BCUT2D eigenvalue weighted by Gasteiger charge is 2.20. The quantitative estimate of drug-likeness (QED) is 0.200. The van der Waals surface area contributed by atoms with Gasteiger partial charge in [0.05, 0.1) is 27.9 Å². The van der Waals surface area contributed by atoms with Crippen molar-refractivity contribution in [2.24, 2.45) is 7.05 Å². The summed E-state index contributed by atoms with van der Waals surface area (Å²) in [6.07, 6.45) is 4.38. The first-order valence-corrected chi connectivity index (χ1v) is 14.2. The summed E-state index contributed by atoms with van der Waals surface area (Å²) >= 11 is 12.8. The molecule has 4 N–H and O–H groups in total. The van der Waals surface area contributed by atoms with Crippen LogP contribution in [0.25, 0.3) is 22.2 Å². The maximum atomic E-state index is 13.6. The number of aliphatic hydroxyl groups is 2. The van der Waals surface area contributed by atoms with E-state index in [0.717, 1.165) is 24.4 Å². The molecule has 1 fully saturated rings. The molecule has 1 saturated heterocycles. The zero-order chi connectivity index (χ0) is 29.8. The number of carbonyl (C=O) groups is 1. The van der Waals surface area contributed by atoms with Gasteiger partial charge in [0, 0.05) is 43.5 Å². The van der Waals surface area contributed by atoms with Crippen molar-refractivity contribution in [2.75, 3.05) is 44.7 Å². The Morgan fingerprint density at radius 1 is 1.19 bits per heavy atom. The number of amides is 1. The summed E-state index contributed by atoms with van der Waals surface area (Å²) in [4.78, 5) is 43.2. The lowest BCUT2D eigenvalue weighted by atomic mass is 10.1. The van der Waals surface area contributed by atoms with Gasteiger partial charge >= 0.3 is 0 Å². The van der Waals surface area contributed by atoms with E-state index in [1.54, 1.807) is 48.1 Å². The van der Waals surface area contributed by atoms with Crippen LogP contribution >= 0.6 is 23.2 Å². The van der Waals surface area contributed by atoms with Crippen molar-refractivity contribution in [3.63, 3.8) is 0 Å². The Balaban J connectivity index is 1.43. The van der Waals surface area contributed by atoms with Gasteiger partial charge in [0.2, 0.25) is 5.95 Å². The lowest BCUT2D eigenvalue weighted by molar-refractivity contribution is 0.0000179. The number of nitrogens with one attached hydrogen (secondary N) is 2. The highest BCUT2D eigenvalue weighted by molar-refractivity contribution is 6.39. The van der Waals surface area contributed by atoms with Gasteiger partial charge < -0.3 is 35.2 Å². The van der Waals surface area contributed by atoms with E-state index in [1.165, 1.54) is 19.0 Å². The number of aryl methyl sites for hydroxylation is 1. The molecule has 222 valence electrons. The Morgan fingerprint density at radius 3 is 2.64 bits per heavy atom. The molecule has 0 radical (unpaired) electrons. The molecule has 0 unspecified atom stereocenters. The number of fused-ring (bicyclic) bond motifs is 1. The van der Waals surface area contributed by atoms with Crippen LogP contribution in [0.3, 0.4) is 0 Å². The molecular formula is C28H31Cl2N7O5. The standard InChI is InChI=1S/C28H31Cl2N7O5/c1-35-14-18(12-23(35)26(40)31-7-10-36-8-2-3-9-36)33-28-32-13-17-11-20(24-21(29)5-4-6-22(24)30)27(41)37(25(17)34-28)42-16-19(39)15-38/h4-6,11-14,19,38-39H,2-3,7-10,15-16H2,1H3,(H,31,40)(H,32,33,34)/t19-/m1/s1. The Labute approximate surface area is 251 Å². The van der Waals surface area contributed by atoms with E-state index in [9.17, 15) is 19.8 Å². The van der Waals surface area contributed by atoms with E-state index >= 15 is 0 Å². The van der Waals surface area contributed by atoms with Crippen molar-refractivity contribution in [3.05, 3.63) is 68.8 Å². The number of hydrogen-bond donors (Lipinski definition) is 4. The molecule has 5 rings (SSSR count). The van der Waals surface area contributed by atoms with Crippen LogP contribution < -0.4 is 21.0 Å². The van der Waals surface area contributed by atoms with E-state index in [0.29, 0.717) is 28.9 Å². The summed E-state index contributed by atoms with van der Waals surface area (Å²) in [6.45, 7) is 2.56. The Morgan fingerprint density at radius 2 is 1.93 bits per heavy atom. The minimum absolute atomic E-state index is 0.102. The number of benzene rings is 1. The number of carbonyl (C=O) groups excluding carboxylic acids is 1. The summed E-state index contributed by atoms with van der Waals surface area (Å²) in [5.41, 5.74) is 0.950. The van der Waals surface area contributed by atoms with E-state index in [4.69, 9.17) is 28.0 Å². The lowest BCUT2D eigenvalue weighted by Crippen LogP contribution is -2.34. The molecule has 4 aromatic rings. The Hall–Kier alpha value is -3.68. The number of halogens is 2. The Kier molecular flexibility index (Phi) is 9.29. The average Bonchev–Trinajstić information content (AvgIpc) is 3.62. The molecule has 4 heterocycles. The fraction of sp³-hybridized carbons (Fsp3) is 0.357. The number of rotatable bonds is 11. The van der Waals surface area contributed by atoms with Crippen molar-refractivity contribution in [1.82, 2.24) is 29.5 Å². The van der Waals surface area contributed by atoms with Gasteiger partial charge in [0.25, 0.3) is 11.5 Å².